The minimum Gasteiger partial charge on any atom is -0.466 e. The van der Waals surface area contributed by atoms with Crippen LogP contribution in [0.2, 0.25) is 0 Å². The Morgan fingerprint density at radius 3 is 1.13 bits per heavy atom. The van der Waals surface area contributed by atoms with Crippen LogP contribution in [0.5, 0.6) is 0 Å². The van der Waals surface area contributed by atoms with E-state index >= 15 is 0 Å². The maximum atomic E-state index is 12.5. The van der Waals surface area contributed by atoms with E-state index in [9.17, 15) is 19.8 Å². The van der Waals surface area contributed by atoms with E-state index in [1.165, 1.54) is 212 Å². The number of carbonyl (C=O) groups is 2. The van der Waals surface area contributed by atoms with Gasteiger partial charge in [-0.1, -0.05) is 262 Å². The zero-order valence-corrected chi connectivity index (χ0v) is 46.3. The van der Waals surface area contributed by atoms with Gasteiger partial charge in [0, 0.05) is 12.8 Å². The van der Waals surface area contributed by atoms with E-state index < -0.39 is 12.1 Å². The Morgan fingerprint density at radius 2 is 0.725 bits per heavy atom. The zero-order valence-electron chi connectivity index (χ0n) is 46.3. The SMILES string of the molecule is CCCCCC/C=C\CCCCCCCC(=O)OCCCCC/C=C\C/C=C\CCCCCCCCCC(=O)NC(CO)C(O)CCCCCCCCCCCCCCCCCCCCCCCC. The molecule has 0 aliphatic carbocycles. The number of rotatable bonds is 57. The number of hydrogen-bond acceptors (Lipinski definition) is 5. The number of aliphatic hydroxyl groups is 2. The van der Waals surface area contributed by atoms with Gasteiger partial charge in [-0.2, -0.15) is 0 Å². The number of carbonyl (C=O) groups excluding carboxylic acids is 2. The molecule has 1 amide bonds. The molecule has 2 unspecified atom stereocenters. The maximum absolute atomic E-state index is 12.5. The zero-order chi connectivity index (χ0) is 50.0. The van der Waals surface area contributed by atoms with Crippen molar-refractivity contribution in [1.29, 1.82) is 0 Å². The first-order valence-corrected chi connectivity index (χ1v) is 30.7. The first-order chi connectivity index (χ1) is 34.0. The maximum Gasteiger partial charge on any atom is 0.305 e. The average molecular weight is 971 g/mol. The van der Waals surface area contributed by atoms with Crippen molar-refractivity contribution in [2.24, 2.45) is 0 Å². The number of esters is 1. The van der Waals surface area contributed by atoms with Crippen molar-refractivity contribution in [2.75, 3.05) is 13.2 Å². The third kappa shape index (κ3) is 55.2. The third-order valence-corrected chi connectivity index (χ3v) is 14.2. The van der Waals surface area contributed by atoms with Gasteiger partial charge >= 0.3 is 5.97 Å². The molecule has 0 saturated heterocycles. The molecule has 6 nitrogen and oxygen atoms in total. The lowest BCUT2D eigenvalue weighted by atomic mass is 10.0. The molecule has 0 rings (SSSR count). The van der Waals surface area contributed by atoms with Crippen LogP contribution in [-0.4, -0.2) is 47.4 Å². The summed E-state index contributed by atoms with van der Waals surface area (Å²) >= 11 is 0. The highest BCUT2D eigenvalue weighted by Gasteiger charge is 2.20. The fourth-order valence-electron chi connectivity index (χ4n) is 9.43. The smallest absolute Gasteiger partial charge is 0.305 e. The summed E-state index contributed by atoms with van der Waals surface area (Å²) in [7, 11) is 0. The Morgan fingerprint density at radius 1 is 0.406 bits per heavy atom. The molecule has 0 fully saturated rings. The Bertz CT molecular complexity index is 1120. The molecule has 6 heteroatoms. The summed E-state index contributed by atoms with van der Waals surface area (Å²) in [6.45, 7) is 4.91. The topological polar surface area (TPSA) is 95.9 Å². The van der Waals surface area contributed by atoms with Crippen LogP contribution < -0.4 is 5.32 Å². The van der Waals surface area contributed by atoms with Crippen molar-refractivity contribution >= 4 is 11.9 Å². The number of hydrogen-bond donors (Lipinski definition) is 3. The Kier molecular flexibility index (Phi) is 57.0. The lowest BCUT2D eigenvalue weighted by molar-refractivity contribution is -0.143. The number of aliphatic hydroxyl groups excluding tert-OH is 2. The first kappa shape index (κ1) is 67.1. The van der Waals surface area contributed by atoms with Crippen LogP contribution >= 0.6 is 0 Å². The minimum absolute atomic E-state index is 0.0244. The number of amides is 1. The third-order valence-electron chi connectivity index (χ3n) is 14.2. The normalized spacial score (nSPS) is 12.8. The summed E-state index contributed by atoms with van der Waals surface area (Å²) in [5.74, 6) is -0.0731. The number of nitrogens with one attached hydrogen (secondary N) is 1. The lowest BCUT2D eigenvalue weighted by Gasteiger charge is -2.22. The molecule has 0 aliphatic rings. The molecular weight excluding hydrogens is 851 g/mol. The molecular formula is C63H119NO5. The number of ether oxygens (including phenoxy) is 1. The van der Waals surface area contributed by atoms with E-state index in [4.69, 9.17) is 4.74 Å². The summed E-state index contributed by atoms with van der Waals surface area (Å²) in [5.41, 5.74) is 0. The Labute approximate surface area is 430 Å². The first-order valence-electron chi connectivity index (χ1n) is 30.7. The molecule has 0 spiro atoms. The molecule has 0 heterocycles. The molecule has 2 atom stereocenters. The van der Waals surface area contributed by atoms with E-state index in [1.54, 1.807) is 0 Å². The van der Waals surface area contributed by atoms with Gasteiger partial charge in [0.25, 0.3) is 0 Å². The molecule has 406 valence electrons. The van der Waals surface area contributed by atoms with Crippen molar-refractivity contribution in [2.45, 2.75) is 341 Å². The van der Waals surface area contributed by atoms with Crippen molar-refractivity contribution in [3.05, 3.63) is 36.5 Å². The largest absolute Gasteiger partial charge is 0.466 e. The van der Waals surface area contributed by atoms with E-state index in [0.29, 0.717) is 25.9 Å². The summed E-state index contributed by atoms with van der Waals surface area (Å²) in [6.07, 6.45) is 72.9. The van der Waals surface area contributed by atoms with Crippen LogP contribution in [0.3, 0.4) is 0 Å². The lowest BCUT2D eigenvalue weighted by Crippen LogP contribution is -2.45. The molecule has 3 N–H and O–H groups in total. The van der Waals surface area contributed by atoms with E-state index in [0.717, 1.165) is 83.5 Å². The van der Waals surface area contributed by atoms with Gasteiger partial charge in [-0.3, -0.25) is 9.59 Å². The van der Waals surface area contributed by atoms with Gasteiger partial charge in [-0.25, -0.2) is 0 Å². The molecule has 0 bridgehead atoms. The molecule has 0 aromatic carbocycles. The van der Waals surface area contributed by atoms with Crippen molar-refractivity contribution in [3.8, 4) is 0 Å². The van der Waals surface area contributed by atoms with Crippen molar-refractivity contribution in [3.63, 3.8) is 0 Å². The van der Waals surface area contributed by atoms with Crippen LogP contribution in [-0.2, 0) is 14.3 Å². The minimum atomic E-state index is -0.677. The molecule has 0 aliphatic heterocycles. The van der Waals surface area contributed by atoms with Crippen LogP contribution in [0.25, 0.3) is 0 Å². The highest BCUT2D eigenvalue weighted by Crippen LogP contribution is 2.17. The molecule has 0 aromatic rings. The number of allylic oxidation sites excluding steroid dienone is 6. The molecule has 0 aromatic heterocycles. The predicted molar refractivity (Wildman–Crippen MR) is 301 cm³/mol. The van der Waals surface area contributed by atoms with Crippen molar-refractivity contribution in [1.82, 2.24) is 5.32 Å². The summed E-state index contributed by atoms with van der Waals surface area (Å²) in [5, 5.41) is 23.4. The van der Waals surface area contributed by atoms with Crippen molar-refractivity contribution < 1.29 is 24.5 Å². The highest BCUT2D eigenvalue weighted by molar-refractivity contribution is 5.76. The average Bonchev–Trinajstić information content (AvgIpc) is 3.35. The van der Waals surface area contributed by atoms with Gasteiger partial charge in [0.15, 0.2) is 0 Å². The van der Waals surface area contributed by atoms with Gasteiger partial charge in [0.05, 0.1) is 25.4 Å². The number of unbranched alkanes of at least 4 members (excludes halogenated alkanes) is 40. The van der Waals surface area contributed by atoms with Gasteiger partial charge in [-0.05, 0) is 89.9 Å². The van der Waals surface area contributed by atoms with Crippen LogP contribution in [0.4, 0.5) is 0 Å². The summed E-state index contributed by atoms with van der Waals surface area (Å²) < 4.78 is 5.44. The van der Waals surface area contributed by atoms with Crippen LogP contribution in [0.1, 0.15) is 328 Å². The molecule has 0 radical (unpaired) electrons. The molecule has 69 heavy (non-hydrogen) atoms. The quantitative estimate of drug-likeness (QED) is 0.0321. The second-order valence-corrected chi connectivity index (χ2v) is 21.0. The van der Waals surface area contributed by atoms with Gasteiger partial charge in [0.2, 0.25) is 5.91 Å². The fraction of sp³-hybridized carbons (Fsp3) is 0.873. The van der Waals surface area contributed by atoms with E-state index in [2.05, 4.69) is 55.6 Å². The summed E-state index contributed by atoms with van der Waals surface area (Å²) in [6, 6.07) is -0.555. The Balaban J connectivity index is 3.50. The van der Waals surface area contributed by atoms with E-state index in [-0.39, 0.29) is 18.5 Å². The fourth-order valence-corrected chi connectivity index (χ4v) is 9.43. The predicted octanol–water partition coefficient (Wildman–Crippen LogP) is 19.2. The van der Waals surface area contributed by atoms with E-state index in [1.807, 2.05) is 0 Å². The van der Waals surface area contributed by atoms with Gasteiger partial charge in [0.1, 0.15) is 0 Å². The van der Waals surface area contributed by atoms with Gasteiger partial charge in [-0.15, -0.1) is 0 Å². The highest BCUT2D eigenvalue weighted by atomic mass is 16.5. The summed E-state index contributed by atoms with van der Waals surface area (Å²) in [4.78, 5) is 24.5. The van der Waals surface area contributed by atoms with Gasteiger partial charge < -0.3 is 20.3 Å². The Hall–Kier alpha value is -1.92. The van der Waals surface area contributed by atoms with Crippen LogP contribution in [0, 0.1) is 0 Å². The molecule has 0 saturated carbocycles. The monoisotopic (exact) mass is 970 g/mol. The second-order valence-electron chi connectivity index (χ2n) is 21.0. The second kappa shape index (κ2) is 58.6. The van der Waals surface area contributed by atoms with Crippen LogP contribution in [0.15, 0.2) is 36.5 Å². The standard InChI is InChI=1S/C63H119NO5/c1-3-5-7-9-11-13-15-17-18-19-20-21-22-23-25-28-32-35-39-43-47-51-55-61(66)60(59-65)64-62(67)56-52-48-44-40-36-33-29-26-24-27-30-34-38-42-46-50-54-58-69-63(68)57-53-49-45-41-37-31-16-14-12-10-8-6-4-2/h14,16,24,27,34,38,60-61,65-66H,3-13,15,17-23,25-26,28-33,35-37,39-59H2,1-2H3,(H,64,67)/b16-14-,27-24-,38-34-.